The smallest absolute Gasteiger partial charge is 0.310 e. The van der Waals surface area contributed by atoms with Gasteiger partial charge in [0.15, 0.2) is 0 Å². The summed E-state index contributed by atoms with van der Waals surface area (Å²) < 4.78 is 1.57. The van der Waals surface area contributed by atoms with Crippen LogP contribution in [0.2, 0.25) is 0 Å². The fraction of sp³-hybridized carbons (Fsp3) is 0.222. The van der Waals surface area contributed by atoms with E-state index in [1.165, 1.54) is 0 Å². The van der Waals surface area contributed by atoms with Crippen molar-refractivity contribution in [1.29, 1.82) is 0 Å². The standard InChI is InChI=1S/C27H28N4O2/c1-4-24(25-28-23-17-11-9-15-21(23)26(32)30(25)3)31(18-20-13-6-5-7-14-20)27(33)29-22-16-10-8-12-19(22)2/h5-17,24H,4,18H2,1-3H3,(H,29,33). The number of amides is 2. The van der Waals surface area contributed by atoms with E-state index < -0.39 is 6.04 Å². The van der Waals surface area contributed by atoms with E-state index in [1.54, 1.807) is 22.6 Å². The Bertz CT molecular complexity index is 1330. The molecule has 0 saturated carbocycles. The molecule has 6 nitrogen and oxygen atoms in total. The number of fused-ring (bicyclic) bond motifs is 1. The Morgan fingerprint density at radius 2 is 1.67 bits per heavy atom. The first-order valence-electron chi connectivity index (χ1n) is 11.1. The highest BCUT2D eigenvalue weighted by Crippen LogP contribution is 2.27. The lowest BCUT2D eigenvalue weighted by Crippen LogP contribution is -2.40. The van der Waals surface area contributed by atoms with Crippen molar-refractivity contribution >= 4 is 22.6 Å². The SMILES string of the molecule is CCC(c1nc2ccccc2c(=O)n1C)N(Cc1ccccc1)C(=O)Nc1ccccc1C. The zero-order chi connectivity index (χ0) is 23.4. The number of rotatable bonds is 6. The molecule has 4 aromatic rings. The predicted octanol–water partition coefficient (Wildman–Crippen LogP) is 5.43. The maximum atomic E-state index is 13.6. The monoisotopic (exact) mass is 440 g/mol. The van der Waals surface area contributed by atoms with Gasteiger partial charge in [-0.05, 0) is 42.7 Å². The molecule has 1 heterocycles. The highest BCUT2D eigenvalue weighted by atomic mass is 16.2. The van der Waals surface area contributed by atoms with Gasteiger partial charge in [0.25, 0.3) is 5.56 Å². The number of nitrogens with one attached hydrogen (secondary N) is 1. The van der Waals surface area contributed by atoms with Gasteiger partial charge in [0.05, 0.1) is 16.9 Å². The van der Waals surface area contributed by atoms with E-state index >= 15 is 0 Å². The average Bonchev–Trinajstić information content (AvgIpc) is 2.84. The van der Waals surface area contributed by atoms with Gasteiger partial charge in [0.1, 0.15) is 5.82 Å². The largest absolute Gasteiger partial charge is 0.322 e. The van der Waals surface area contributed by atoms with Gasteiger partial charge in [-0.2, -0.15) is 0 Å². The second-order valence-electron chi connectivity index (χ2n) is 8.13. The van der Waals surface area contributed by atoms with Crippen molar-refractivity contribution in [3.8, 4) is 0 Å². The molecule has 0 fully saturated rings. The molecule has 1 atom stereocenters. The third-order valence-electron chi connectivity index (χ3n) is 5.92. The number of nitrogens with zero attached hydrogens (tertiary/aromatic N) is 3. The topological polar surface area (TPSA) is 67.2 Å². The molecule has 0 aliphatic carbocycles. The molecule has 1 N–H and O–H groups in total. The summed E-state index contributed by atoms with van der Waals surface area (Å²) in [6, 6.07) is 24.2. The molecule has 6 heteroatoms. The van der Waals surface area contributed by atoms with Crippen LogP contribution in [0.25, 0.3) is 10.9 Å². The third kappa shape index (κ3) is 4.65. The van der Waals surface area contributed by atoms with E-state index in [1.807, 2.05) is 86.6 Å². The van der Waals surface area contributed by atoms with E-state index in [-0.39, 0.29) is 11.6 Å². The molecule has 168 valence electrons. The summed E-state index contributed by atoms with van der Waals surface area (Å²) in [5.41, 5.74) is 3.26. The molecular formula is C27H28N4O2. The molecule has 0 aliphatic rings. The van der Waals surface area contributed by atoms with Gasteiger partial charge in [-0.3, -0.25) is 9.36 Å². The van der Waals surface area contributed by atoms with Crippen LogP contribution in [0.15, 0.2) is 83.7 Å². The normalized spacial score (nSPS) is 11.8. The lowest BCUT2D eigenvalue weighted by atomic mass is 10.1. The number of aromatic nitrogens is 2. The first kappa shape index (κ1) is 22.3. The van der Waals surface area contributed by atoms with Crippen molar-refractivity contribution in [3.63, 3.8) is 0 Å². The van der Waals surface area contributed by atoms with Crippen molar-refractivity contribution in [3.05, 3.63) is 106 Å². The number of aryl methyl sites for hydroxylation is 1. The number of para-hydroxylation sites is 2. The molecule has 1 unspecified atom stereocenters. The number of urea groups is 1. The molecule has 0 radical (unpaired) electrons. The van der Waals surface area contributed by atoms with Crippen LogP contribution in [0, 0.1) is 6.92 Å². The third-order valence-corrected chi connectivity index (χ3v) is 5.92. The Balaban J connectivity index is 1.79. The minimum Gasteiger partial charge on any atom is -0.310 e. The minimum atomic E-state index is -0.392. The first-order chi connectivity index (χ1) is 16.0. The summed E-state index contributed by atoms with van der Waals surface area (Å²) in [5, 5.41) is 3.63. The van der Waals surface area contributed by atoms with Crippen molar-refractivity contribution in [2.75, 3.05) is 5.32 Å². The zero-order valence-corrected chi connectivity index (χ0v) is 19.2. The van der Waals surface area contributed by atoms with Crippen LogP contribution in [-0.4, -0.2) is 20.5 Å². The number of benzene rings is 3. The second kappa shape index (κ2) is 9.69. The predicted molar refractivity (Wildman–Crippen MR) is 132 cm³/mol. The molecule has 33 heavy (non-hydrogen) atoms. The molecular weight excluding hydrogens is 412 g/mol. The molecule has 2 amide bonds. The Hall–Kier alpha value is -3.93. The van der Waals surface area contributed by atoms with Gasteiger partial charge < -0.3 is 10.2 Å². The van der Waals surface area contributed by atoms with Gasteiger partial charge in [-0.25, -0.2) is 9.78 Å². The van der Waals surface area contributed by atoms with E-state index in [0.717, 1.165) is 16.8 Å². The molecule has 0 aliphatic heterocycles. The van der Waals surface area contributed by atoms with Crippen LogP contribution in [0.4, 0.5) is 10.5 Å². The Labute approximate surface area is 193 Å². The highest BCUT2D eigenvalue weighted by molar-refractivity contribution is 5.90. The van der Waals surface area contributed by atoms with Gasteiger partial charge in [0, 0.05) is 19.3 Å². The molecule has 0 spiro atoms. The molecule has 3 aromatic carbocycles. The Kier molecular flexibility index (Phi) is 6.54. The fourth-order valence-corrected chi connectivity index (χ4v) is 4.08. The number of hydrogen-bond donors (Lipinski definition) is 1. The maximum absolute atomic E-state index is 13.6. The molecule has 0 bridgehead atoms. The van der Waals surface area contributed by atoms with Crippen molar-refractivity contribution in [2.45, 2.75) is 32.9 Å². The zero-order valence-electron chi connectivity index (χ0n) is 19.2. The average molecular weight is 441 g/mol. The van der Waals surface area contributed by atoms with Crippen molar-refractivity contribution < 1.29 is 4.79 Å². The van der Waals surface area contributed by atoms with E-state index in [2.05, 4.69) is 5.32 Å². The number of hydrogen-bond acceptors (Lipinski definition) is 3. The summed E-state index contributed by atoms with van der Waals surface area (Å²) in [6.07, 6.45) is 0.604. The quantitative estimate of drug-likeness (QED) is 0.435. The van der Waals surface area contributed by atoms with Crippen LogP contribution >= 0.6 is 0 Å². The van der Waals surface area contributed by atoms with E-state index in [4.69, 9.17) is 4.98 Å². The number of anilines is 1. The summed E-state index contributed by atoms with van der Waals surface area (Å²) in [4.78, 5) is 33.2. The Morgan fingerprint density at radius 3 is 2.39 bits per heavy atom. The molecule has 1 aromatic heterocycles. The fourth-order valence-electron chi connectivity index (χ4n) is 4.08. The van der Waals surface area contributed by atoms with Crippen molar-refractivity contribution in [2.24, 2.45) is 7.05 Å². The molecule has 4 rings (SSSR count). The number of carbonyl (C=O) groups is 1. The van der Waals surface area contributed by atoms with Crippen LogP contribution in [0.3, 0.4) is 0 Å². The van der Waals surface area contributed by atoms with Crippen LogP contribution < -0.4 is 10.9 Å². The second-order valence-corrected chi connectivity index (χ2v) is 8.13. The summed E-state index contributed by atoms with van der Waals surface area (Å²) >= 11 is 0. The van der Waals surface area contributed by atoms with Gasteiger partial charge in [0.2, 0.25) is 0 Å². The number of carbonyl (C=O) groups excluding carboxylic acids is 1. The summed E-state index contributed by atoms with van der Waals surface area (Å²) in [5.74, 6) is 0.567. The first-order valence-corrected chi connectivity index (χ1v) is 11.1. The lowest BCUT2D eigenvalue weighted by Gasteiger charge is -2.32. The van der Waals surface area contributed by atoms with Gasteiger partial charge >= 0.3 is 6.03 Å². The van der Waals surface area contributed by atoms with Crippen LogP contribution in [0.1, 0.15) is 36.3 Å². The minimum absolute atomic E-state index is 0.118. The van der Waals surface area contributed by atoms with Crippen molar-refractivity contribution in [1.82, 2.24) is 14.5 Å². The summed E-state index contributed by atoms with van der Waals surface area (Å²) in [7, 11) is 1.72. The highest BCUT2D eigenvalue weighted by Gasteiger charge is 2.28. The van der Waals surface area contributed by atoms with Crippen LogP contribution in [0.5, 0.6) is 0 Å². The Morgan fingerprint density at radius 1 is 1.00 bits per heavy atom. The van der Waals surface area contributed by atoms with E-state index in [0.29, 0.717) is 29.7 Å². The van der Waals surface area contributed by atoms with Crippen LogP contribution in [-0.2, 0) is 13.6 Å². The summed E-state index contributed by atoms with van der Waals surface area (Å²) in [6.45, 7) is 4.36. The van der Waals surface area contributed by atoms with Gasteiger partial charge in [-0.1, -0.05) is 67.6 Å². The molecule has 0 saturated heterocycles. The van der Waals surface area contributed by atoms with Gasteiger partial charge in [-0.15, -0.1) is 0 Å². The maximum Gasteiger partial charge on any atom is 0.322 e. The van der Waals surface area contributed by atoms with E-state index in [9.17, 15) is 9.59 Å². The lowest BCUT2D eigenvalue weighted by molar-refractivity contribution is 0.176.